The fraction of sp³-hybridized carbons (Fsp3) is 0. The summed E-state index contributed by atoms with van der Waals surface area (Å²) >= 11 is 0. The van der Waals surface area contributed by atoms with Crippen LogP contribution in [0.5, 0.6) is 0 Å². The molecule has 0 aliphatic heterocycles. The van der Waals surface area contributed by atoms with Gasteiger partial charge in [0.1, 0.15) is 129 Å². The third kappa shape index (κ3) is 6.71. The van der Waals surface area contributed by atoms with Gasteiger partial charge >= 0.3 is 0 Å². The van der Waals surface area contributed by atoms with Crippen LogP contribution in [0.15, 0.2) is 89.3 Å². The summed E-state index contributed by atoms with van der Waals surface area (Å²) in [5, 5.41) is 2.47. The van der Waals surface area contributed by atoms with E-state index in [9.17, 15) is 0 Å². The highest BCUT2D eigenvalue weighted by molar-refractivity contribution is 6.72. The molecule has 19 heteroatoms. The lowest BCUT2D eigenvalue weighted by molar-refractivity contribution is 0.675. The Bertz CT molecular complexity index is 3410. The number of fused-ring (bicyclic) bond motifs is 3. The van der Waals surface area contributed by atoms with Crippen molar-refractivity contribution >= 4 is 222 Å². The normalized spacial score (nSPS) is 11.4. The molecule has 0 amide bonds. The molecule has 0 fully saturated rings. The highest BCUT2D eigenvalue weighted by Gasteiger charge is 2.29. The maximum atomic E-state index is 7.08. The Balaban J connectivity index is 1.40. The zero-order valence-corrected chi connectivity index (χ0v) is 40.3. The summed E-state index contributed by atoms with van der Waals surface area (Å²) in [6.45, 7) is 0. The molecule has 9 aromatic rings. The summed E-state index contributed by atoms with van der Waals surface area (Å²) in [4.78, 5) is 16.1. The van der Waals surface area contributed by atoms with Gasteiger partial charge in [-0.3, -0.25) is 0 Å². The minimum Gasteiger partial charge on any atom is -0.457 e. The second-order valence-corrected chi connectivity index (χ2v) is 18.4. The van der Waals surface area contributed by atoms with Crippen LogP contribution < -0.4 is 81.9 Å². The van der Waals surface area contributed by atoms with Crippen molar-refractivity contribution < 1.29 is 4.42 Å². The lowest BCUT2D eigenvalue weighted by atomic mass is 9.56. The summed E-state index contributed by atoms with van der Waals surface area (Å²) in [5.41, 5.74) is 31.2. The molecule has 9 rings (SSSR count). The van der Waals surface area contributed by atoms with Gasteiger partial charge in [-0.1, -0.05) is 140 Å². The molecule has 0 spiro atoms. The van der Waals surface area contributed by atoms with E-state index in [1.54, 1.807) is 0 Å². The van der Waals surface area contributed by atoms with Crippen molar-refractivity contribution in [2.24, 2.45) is 0 Å². The number of hydrogen-bond donors (Lipinski definition) is 0. The van der Waals surface area contributed by atoms with Crippen molar-refractivity contribution in [1.29, 1.82) is 0 Å². The van der Waals surface area contributed by atoms with Crippen LogP contribution in [-0.4, -0.2) is 133 Å². The molecular formula is C45H44B15N3O. The first-order valence-electron chi connectivity index (χ1n) is 22.6. The molecule has 0 N–H and O–H groups in total. The molecule has 2 heterocycles. The Morgan fingerprint density at radius 1 is 0.250 bits per heavy atom. The zero-order valence-electron chi connectivity index (χ0n) is 40.3. The molecule has 0 saturated heterocycles. The fourth-order valence-corrected chi connectivity index (χ4v) is 10.7. The predicted molar refractivity (Wildman–Crippen MR) is 322 cm³/mol. The molecule has 290 valence electrons. The molecule has 0 aliphatic carbocycles. The Morgan fingerprint density at radius 2 is 0.562 bits per heavy atom. The molecule has 4 nitrogen and oxygen atoms in total. The molecular weight excluding hydrogens is 761 g/mol. The van der Waals surface area contributed by atoms with E-state index in [2.05, 4.69) is 184 Å². The van der Waals surface area contributed by atoms with Crippen LogP contribution in [0, 0.1) is 0 Å². The lowest BCUT2D eigenvalue weighted by Crippen LogP contribution is -2.56. The van der Waals surface area contributed by atoms with E-state index >= 15 is 0 Å². The van der Waals surface area contributed by atoms with Crippen molar-refractivity contribution in [2.45, 2.75) is 0 Å². The number of furan rings is 1. The molecule has 0 atom stereocenters. The maximum Gasteiger partial charge on any atom is 0.164 e. The van der Waals surface area contributed by atoms with Gasteiger partial charge in [0.15, 0.2) is 17.5 Å². The van der Waals surface area contributed by atoms with Crippen LogP contribution in [0.2, 0.25) is 0 Å². The van der Waals surface area contributed by atoms with Gasteiger partial charge in [-0.25, -0.2) is 15.0 Å². The summed E-state index contributed by atoms with van der Waals surface area (Å²) in [6, 6.07) is 29.4. The van der Waals surface area contributed by atoms with Crippen LogP contribution in [0.25, 0.3) is 89.5 Å². The third-order valence-corrected chi connectivity index (χ3v) is 15.2. The van der Waals surface area contributed by atoms with Crippen LogP contribution in [0.1, 0.15) is 0 Å². The first-order valence-corrected chi connectivity index (χ1v) is 22.6. The molecule has 0 saturated carbocycles. The number of rotatable bonds is 6. The summed E-state index contributed by atoms with van der Waals surface area (Å²) < 4.78 is 7.08. The van der Waals surface area contributed by atoms with Gasteiger partial charge in [0.05, 0.1) is 0 Å². The van der Waals surface area contributed by atoms with Crippen LogP contribution in [0.4, 0.5) is 0 Å². The van der Waals surface area contributed by atoms with Crippen molar-refractivity contribution in [3.63, 3.8) is 0 Å². The fourth-order valence-electron chi connectivity index (χ4n) is 10.7. The summed E-state index contributed by atoms with van der Waals surface area (Å²) in [6.07, 6.45) is 0. The maximum absolute atomic E-state index is 7.08. The SMILES string of the molecule is Bc1c(B)c(B)c(-c2c(B)c(-c3nc(-c4ccccc4)nc(-c4ccc(-c5ccccc5)cc4)n3)c(B)c(-c3c(B)c(B)c4c(oc5c(B)c(B)c(B)c(B)c54)c3B)c2B)c(B)c1B. The highest BCUT2D eigenvalue weighted by Crippen LogP contribution is 2.30. The van der Waals surface area contributed by atoms with Gasteiger partial charge in [0.2, 0.25) is 0 Å². The van der Waals surface area contributed by atoms with E-state index in [0.29, 0.717) is 17.5 Å². The molecule has 0 unspecified atom stereocenters. The molecule has 64 heavy (non-hydrogen) atoms. The Morgan fingerprint density at radius 3 is 1.09 bits per heavy atom. The number of benzene rings is 7. The Hall–Kier alpha value is -5.68. The Kier molecular flexibility index (Phi) is 11.2. The summed E-state index contributed by atoms with van der Waals surface area (Å²) in [5.74, 6) is 1.95. The second-order valence-electron chi connectivity index (χ2n) is 18.4. The van der Waals surface area contributed by atoms with Crippen molar-refractivity contribution in [3.05, 3.63) is 84.9 Å². The van der Waals surface area contributed by atoms with E-state index < -0.39 is 0 Å². The van der Waals surface area contributed by atoms with Gasteiger partial charge in [-0.2, -0.15) is 0 Å². The van der Waals surface area contributed by atoms with Crippen molar-refractivity contribution in [3.8, 4) is 67.5 Å². The molecule has 0 bridgehead atoms. The van der Waals surface area contributed by atoms with Gasteiger partial charge in [-0.15, -0.1) is 21.9 Å². The first-order chi connectivity index (χ1) is 30.5. The van der Waals surface area contributed by atoms with Crippen LogP contribution in [0.3, 0.4) is 0 Å². The third-order valence-electron chi connectivity index (χ3n) is 15.2. The van der Waals surface area contributed by atoms with Crippen LogP contribution in [-0.2, 0) is 0 Å². The predicted octanol–water partition coefficient (Wildman–Crippen LogP) is -14.4. The molecule has 0 radical (unpaired) electrons. The van der Waals surface area contributed by atoms with Crippen molar-refractivity contribution in [1.82, 2.24) is 15.0 Å². The van der Waals surface area contributed by atoms with Gasteiger partial charge in [0.25, 0.3) is 0 Å². The van der Waals surface area contributed by atoms with Crippen molar-refractivity contribution in [2.75, 3.05) is 0 Å². The number of nitrogens with zero attached hydrogens (tertiary/aromatic N) is 3. The lowest BCUT2D eigenvalue weighted by Gasteiger charge is -2.29. The minimum absolute atomic E-state index is 0.642. The van der Waals surface area contributed by atoms with Gasteiger partial charge in [0, 0.05) is 27.5 Å². The van der Waals surface area contributed by atoms with E-state index in [-0.39, 0.29) is 0 Å². The molecule has 2 aromatic heterocycles. The molecule has 7 aromatic carbocycles. The smallest absolute Gasteiger partial charge is 0.164 e. The van der Waals surface area contributed by atoms with E-state index in [0.717, 1.165) is 49.8 Å². The average molecular weight is 805 g/mol. The average Bonchev–Trinajstić information content (AvgIpc) is 3.72. The monoisotopic (exact) mass is 807 g/mol. The zero-order chi connectivity index (χ0) is 45.6. The van der Waals surface area contributed by atoms with E-state index in [1.165, 1.54) is 104 Å². The van der Waals surface area contributed by atoms with E-state index in [4.69, 9.17) is 19.4 Å². The number of aromatic nitrogens is 3. The van der Waals surface area contributed by atoms with Crippen LogP contribution >= 0.6 is 0 Å². The standard InChI is InChI=1S/C45H44B15N3O/c46-26-19(21-30(50)35(55)38(58)36(56)31(21)51)27(47)25(28(48)20(26)22-29(49)32(52)23-24-33(53)37(57)39(59)40(60)42(24)64-41(23)34(22)54)45-62-43(17-9-5-2-6-10-17)61-44(63-45)18-13-11-16(12-14-18)15-7-3-1-4-8-15/h1-14H,46-60H2. The topological polar surface area (TPSA) is 51.8 Å². The minimum atomic E-state index is 0.642. The van der Waals surface area contributed by atoms with Gasteiger partial charge in [-0.05, 0) is 38.8 Å². The second kappa shape index (κ2) is 16.4. The Labute approximate surface area is 391 Å². The quantitative estimate of drug-likeness (QED) is 0.157. The van der Waals surface area contributed by atoms with Gasteiger partial charge < -0.3 is 4.42 Å². The number of hydrogen-bond acceptors (Lipinski definition) is 4. The first kappa shape index (κ1) is 43.6. The largest absolute Gasteiger partial charge is 0.457 e. The summed E-state index contributed by atoms with van der Waals surface area (Å²) in [7, 11) is 34.1. The molecule has 0 aliphatic rings. The van der Waals surface area contributed by atoms with E-state index in [1.807, 2.05) is 18.2 Å². The highest BCUT2D eigenvalue weighted by atomic mass is 16.3.